The molecule has 10 fully saturated rings. The Kier molecular flexibility index (Phi) is 53.0. The van der Waals surface area contributed by atoms with E-state index in [2.05, 4.69) is 129 Å². The number of benzene rings is 5. The molecular formula is C95H155Cl5IN5O3P3Ru2S+. The fraction of sp³-hybridized carbons (Fsp3) is 0.653. The topological polar surface area (TPSA) is 43.9 Å². The van der Waals surface area contributed by atoms with Crippen LogP contribution in [0.25, 0.3) is 0 Å². The Morgan fingerprint density at radius 3 is 0.791 bits per heavy atom. The summed E-state index contributed by atoms with van der Waals surface area (Å²) in [6.45, 7) is 37.4. The molecule has 6 aliphatic carbocycles. The van der Waals surface area contributed by atoms with Gasteiger partial charge in [0.15, 0.2) is 0 Å². The zero-order valence-electron chi connectivity index (χ0n) is 69.9. The van der Waals surface area contributed by atoms with Crippen LogP contribution in [0.1, 0.15) is 276 Å². The summed E-state index contributed by atoms with van der Waals surface area (Å²) in [7, 11) is 28.9. The molecule has 0 unspecified atom stereocenters. The zero-order valence-corrected chi connectivity index (χ0v) is 83.1. The van der Waals surface area contributed by atoms with Crippen molar-refractivity contribution in [1.29, 1.82) is 0 Å². The molecule has 4 heterocycles. The molecule has 5 aromatic rings. The van der Waals surface area contributed by atoms with Gasteiger partial charge < -0.3 is 24.0 Å². The molecule has 115 heavy (non-hydrogen) atoms. The molecule has 4 saturated heterocycles. The first-order chi connectivity index (χ1) is 54.4. The second-order valence-corrected chi connectivity index (χ2v) is 60.2. The molecule has 0 radical (unpaired) electrons. The number of halogens is 6. The summed E-state index contributed by atoms with van der Waals surface area (Å²) in [6, 6.07) is 33.4. The molecular weight excluding hydrogens is 1890 g/mol. The van der Waals surface area contributed by atoms with E-state index in [0.717, 1.165) is 97.8 Å². The van der Waals surface area contributed by atoms with Crippen molar-refractivity contribution in [2.24, 2.45) is 0 Å². The number of morpholine rings is 3. The molecule has 4 aliphatic heterocycles. The molecule has 20 heteroatoms. The Morgan fingerprint density at radius 1 is 0.348 bits per heavy atom. The molecule has 0 amide bonds. The molecule has 0 aromatic heterocycles. The summed E-state index contributed by atoms with van der Waals surface area (Å²) in [5.41, 5.74) is 23.8. The number of hydrogen-bond acceptors (Lipinski definition) is 9. The Balaban J connectivity index is 0.000000212. The zero-order chi connectivity index (χ0) is 79.4. The second kappa shape index (κ2) is 58.5. The van der Waals surface area contributed by atoms with Crippen molar-refractivity contribution in [3.8, 4) is 0 Å². The van der Waals surface area contributed by atoms with E-state index in [1.165, 1.54) is 228 Å². The van der Waals surface area contributed by atoms with Crippen LogP contribution in [0, 0.1) is 72.6 Å². The van der Waals surface area contributed by atoms with Crippen molar-refractivity contribution in [3.05, 3.63) is 168 Å². The predicted octanol–water partition coefficient (Wildman–Crippen LogP) is 25.4. The van der Waals surface area contributed by atoms with E-state index < -0.39 is 27.0 Å². The summed E-state index contributed by atoms with van der Waals surface area (Å²) in [6.07, 6.45) is 45.6. The van der Waals surface area contributed by atoms with E-state index in [1.807, 2.05) is 69.9 Å². The third-order valence-corrected chi connectivity index (χ3v) is 45.3. The van der Waals surface area contributed by atoms with Crippen LogP contribution in [-0.2, 0) is 41.2 Å². The van der Waals surface area contributed by atoms with Gasteiger partial charge in [-0.1, -0.05) is 96.2 Å². The third kappa shape index (κ3) is 35.9. The fourth-order valence-corrected chi connectivity index (χ4v) is 41.2. The molecule has 0 bridgehead atoms. The number of aryl methyl sites for hydroxylation is 9. The quantitative estimate of drug-likeness (QED) is 0.0441. The summed E-state index contributed by atoms with van der Waals surface area (Å²) < 4.78 is 30.9. The van der Waals surface area contributed by atoms with E-state index in [4.69, 9.17) is 63.7 Å². The first-order valence-electron chi connectivity index (χ1n) is 43.3. The number of hydrogen-bond donors (Lipinski definition) is 0. The first kappa shape index (κ1) is 104. The van der Waals surface area contributed by atoms with Crippen LogP contribution in [0.3, 0.4) is 0 Å². The Bertz CT molecular complexity index is 3080. The summed E-state index contributed by atoms with van der Waals surface area (Å²) >= 11 is -3.27. The number of nitrogens with zero attached hydrogens (tertiary/aromatic N) is 5. The number of anilines is 2. The van der Waals surface area contributed by atoms with Gasteiger partial charge in [-0.15, -0.1) is 0 Å². The normalized spacial score (nSPS) is 20.3. The van der Waals surface area contributed by atoms with E-state index in [-0.39, 0.29) is 66.3 Å². The molecule has 10 aliphatic rings. The first-order valence-corrected chi connectivity index (χ1v) is 64.4. The number of ether oxygens (including phenoxy) is 3. The SMILES string of the molecule is C.C.C.C1CCC([PH+](C2CCCCC2)N2CCOCC2)CC1.C1CCC([PH+](C2CCCCC2)N2CCOCC2)CC1.C1CCC([PH+](C2CCCCC2)N2CCOCC2)CC1.Cc1cc(C)c(N2[CH-]N(c3c(C)cc(C)cc3C)CC2)c(C)c1.Cc1cc(C)c([I-]SCl)c(C)c1.[Cl][Ru]([Cl])=[CH]c1ccccc1.[Cl][Ru]([Cl])=[CH]c1ccccc1. The van der Waals surface area contributed by atoms with Crippen LogP contribution in [0.4, 0.5) is 11.4 Å². The monoisotopic (exact) mass is 2040 g/mol. The van der Waals surface area contributed by atoms with Crippen molar-refractivity contribution in [3.63, 3.8) is 0 Å². The third-order valence-electron chi connectivity index (χ3n) is 24.7. The molecule has 0 N–H and O–H groups in total. The van der Waals surface area contributed by atoms with Crippen LogP contribution in [0.5, 0.6) is 0 Å². The Hall–Kier alpha value is 0.267. The van der Waals surface area contributed by atoms with Gasteiger partial charge in [0.05, 0.1) is 137 Å². The maximum atomic E-state index is 5.69. The summed E-state index contributed by atoms with van der Waals surface area (Å²) in [4.78, 5) is 4.81. The Morgan fingerprint density at radius 2 is 0.574 bits per heavy atom. The van der Waals surface area contributed by atoms with Crippen LogP contribution in [-0.4, -0.2) is 149 Å². The van der Waals surface area contributed by atoms with Gasteiger partial charge in [-0.25, -0.2) is 0 Å². The summed E-state index contributed by atoms with van der Waals surface area (Å²) in [5.74, 6) is 0. The second-order valence-electron chi connectivity index (χ2n) is 33.4. The minimum absolute atomic E-state index is 0. The average molecular weight is 2050 g/mol. The minimum atomic E-state index is -1.61. The van der Waals surface area contributed by atoms with E-state index in [1.54, 1.807) is 77.0 Å². The number of rotatable bonds is 15. The van der Waals surface area contributed by atoms with E-state index >= 15 is 0 Å². The summed E-state index contributed by atoms with van der Waals surface area (Å²) in [5, 5.41) is 0. The molecule has 0 spiro atoms. The van der Waals surface area contributed by atoms with Gasteiger partial charge in [-0.3, -0.25) is 0 Å². The maximum absolute atomic E-state index is 5.69. The van der Waals surface area contributed by atoms with Gasteiger partial charge in [0.2, 0.25) is 0 Å². The molecule has 15 rings (SSSR count). The van der Waals surface area contributed by atoms with Gasteiger partial charge >= 0.3 is 239 Å². The molecule has 5 aromatic carbocycles. The average Bonchev–Trinajstić information content (AvgIpc) is 1.77. The fourth-order valence-electron chi connectivity index (χ4n) is 20.0. The van der Waals surface area contributed by atoms with E-state index in [9.17, 15) is 0 Å². The van der Waals surface area contributed by atoms with Gasteiger partial charge in [-0.2, -0.15) is 20.7 Å². The van der Waals surface area contributed by atoms with Gasteiger partial charge in [0, 0.05) is 24.5 Å². The van der Waals surface area contributed by atoms with Crippen molar-refractivity contribution < 1.29 is 61.1 Å². The van der Waals surface area contributed by atoms with Crippen molar-refractivity contribution in [2.75, 3.05) is 102 Å². The van der Waals surface area contributed by atoms with Gasteiger partial charge in [0.25, 0.3) is 0 Å². The Labute approximate surface area is 751 Å². The standard InChI is InChI=1S/C21H27N2.3C16H30NOP.C9H11ClIS.2C7H6.3CH4.4ClH.2Ru/c1-14-9-16(3)20(17(4)10-14)22-7-8-23(13-22)21-18(5)11-15(2)12-19(21)6;3*1-3-7-15(8-4-1)19(16-9-5-2-6-10-16)17-11-13-18-14-12-17;1-6-4-7(2)9(11-12-10)8(3)5-6;2*1-7-5-3-2-4-6-7;;;;;;;;;/h9-13H,7-8H2,1-6H3;3*15-16H,1-14H2;4-5H,1-3H3;2*1-6H;3*1H4;4*1H;;/q-1;;;;-1;;;;;;;;;;2*+2/p-1. The molecule has 656 valence electrons. The van der Waals surface area contributed by atoms with Gasteiger partial charge in [-0.05, 0) is 218 Å². The molecule has 6 saturated carbocycles. The van der Waals surface area contributed by atoms with Gasteiger partial charge in [0.1, 0.15) is 0 Å². The van der Waals surface area contributed by atoms with Crippen molar-refractivity contribution in [1.82, 2.24) is 14.0 Å². The van der Waals surface area contributed by atoms with Crippen molar-refractivity contribution in [2.45, 2.75) is 311 Å². The van der Waals surface area contributed by atoms with Crippen LogP contribution < -0.4 is 29.6 Å². The van der Waals surface area contributed by atoms with Crippen LogP contribution in [0.2, 0.25) is 0 Å². The predicted molar refractivity (Wildman–Crippen MR) is 513 cm³/mol. The van der Waals surface area contributed by atoms with Crippen LogP contribution in [0.15, 0.2) is 97.1 Å². The van der Waals surface area contributed by atoms with Crippen LogP contribution >= 0.6 is 81.8 Å². The van der Waals surface area contributed by atoms with E-state index in [0.29, 0.717) is 0 Å². The molecule has 8 nitrogen and oxygen atoms in total. The van der Waals surface area contributed by atoms with Crippen molar-refractivity contribution >= 4 is 102 Å². The molecule has 0 atom stereocenters.